The summed E-state index contributed by atoms with van der Waals surface area (Å²) in [5.41, 5.74) is -1.48. The molecule has 5 aromatic rings. The number of fused-ring (bicyclic) bond motifs is 1. The number of carbonyl (C=O) groups excluding carboxylic acids is 2. The van der Waals surface area contributed by atoms with Crippen molar-refractivity contribution in [2.24, 2.45) is 14.1 Å². The number of benzene rings is 1. The molecule has 0 aliphatic carbocycles. The SMILES string of the molecule is CN(CCn1cc(S(=O)(=O)N2CCC(Nc3ncc(C(F)(F)F)c(-c4cnn(C)c4)n3)CC2)cn1)[C@@H]1CCN(c2ccc3c(c2F)n(C)c(=O)n3C2CCC(=O)NC2=O)C[C@@H]1F. The molecule has 1 aromatic carbocycles. The molecule has 4 aromatic heterocycles. The van der Waals surface area contributed by atoms with Crippen LogP contribution in [0.3, 0.4) is 0 Å². The maximum Gasteiger partial charge on any atom is 0.419 e. The van der Waals surface area contributed by atoms with Crippen molar-refractivity contribution in [3.63, 3.8) is 0 Å². The highest BCUT2D eigenvalue weighted by atomic mass is 32.2. The van der Waals surface area contributed by atoms with Crippen molar-refractivity contribution in [3.05, 3.63) is 65.0 Å². The molecule has 3 atom stereocenters. The number of halogens is 5. The third kappa shape index (κ3) is 8.17. The first-order valence-electron chi connectivity index (χ1n) is 20.0. The predicted molar refractivity (Wildman–Crippen MR) is 214 cm³/mol. The van der Waals surface area contributed by atoms with E-state index in [1.807, 2.05) is 4.90 Å². The molecular formula is C38H44F5N13O5S. The van der Waals surface area contributed by atoms with Gasteiger partial charge in [0.05, 0.1) is 42.4 Å². The van der Waals surface area contributed by atoms with Crippen molar-refractivity contribution in [1.82, 2.24) is 53.2 Å². The van der Waals surface area contributed by atoms with Gasteiger partial charge in [-0.1, -0.05) is 0 Å². The van der Waals surface area contributed by atoms with Gasteiger partial charge in [0.25, 0.3) is 0 Å². The highest BCUT2D eigenvalue weighted by Crippen LogP contribution is 2.37. The van der Waals surface area contributed by atoms with Crippen molar-refractivity contribution in [1.29, 1.82) is 0 Å². The van der Waals surface area contributed by atoms with Gasteiger partial charge >= 0.3 is 11.9 Å². The van der Waals surface area contributed by atoms with Gasteiger partial charge in [-0.3, -0.25) is 38.3 Å². The standard InChI is InChI=1S/C38H44F5N13O5S/c1-50(27-10-11-53(21-26(27)39)28-4-5-29-34(32(28)40)52(3)37(59)56(29)30-6-7-31(57)48-35(30)58)14-15-54-20-24(17-46-54)62(60,61)55-12-8-23(9-13-55)47-36-44-18-25(38(41,42)43)33(49-36)22-16-45-51(2)19-22/h4-5,16-20,23,26-27,30H,6-15,21H2,1-3H3,(H,44,47,49)(H,48,57,58)/t26-,27+,30?/m0/s1. The third-order valence-corrected chi connectivity index (χ3v) is 13.7. The van der Waals surface area contributed by atoms with Gasteiger partial charge in [-0.15, -0.1) is 0 Å². The lowest BCUT2D eigenvalue weighted by atomic mass is 10.0. The molecule has 18 nitrogen and oxygen atoms in total. The molecule has 332 valence electrons. The number of piperidine rings is 3. The number of nitrogens with one attached hydrogen (secondary N) is 2. The molecule has 0 saturated carbocycles. The lowest BCUT2D eigenvalue weighted by molar-refractivity contribution is -0.138. The van der Waals surface area contributed by atoms with Crippen LogP contribution in [-0.4, -0.2) is 126 Å². The summed E-state index contributed by atoms with van der Waals surface area (Å²) in [6, 6.07) is 1.19. The van der Waals surface area contributed by atoms with Crippen LogP contribution in [0.25, 0.3) is 22.3 Å². The summed E-state index contributed by atoms with van der Waals surface area (Å²) >= 11 is 0. The summed E-state index contributed by atoms with van der Waals surface area (Å²) in [4.78, 5) is 48.9. The fraction of sp³-hybridized carbons (Fsp3) is 0.500. The zero-order valence-corrected chi connectivity index (χ0v) is 34.7. The van der Waals surface area contributed by atoms with Crippen molar-refractivity contribution in [3.8, 4) is 11.3 Å². The van der Waals surface area contributed by atoms with E-state index in [1.165, 1.54) is 62.2 Å². The van der Waals surface area contributed by atoms with Crippen molar-refractivity contribution in [2.75, 3.05) is 50.0 Å². The average molecular weight is 890 g/mol. The number of carbonyl (C=O) groups is 2. The van der Waals surface area contributed by atoms with Gasteiger partial charge < -0.3 is 10.2 Å². The fourth-order valence-electron chi connectivity index (χ4n) is 8.52. The Morgan fingerprint density at radius 3 is 2.42 bits per heavy atom. The third-order valence-electron chi connectivity index (χ3n) is 11.9. The van der Waals surface area contributed by atoms with Crippen LogP contribution >= 0.6 is 0 Å². The van der Waals surface area contributed by atoms with E-state index in [4.69, 9.17) is 0 Å². The van der Waals surface area contributed by atoms with E-state index in [0.29, 0.717) is 32.4 Å². The monoisotopic (exact) mass is 889 g/mol. The summed E-state index contributed by atoms with van der Waals surface area (Å²) in [5, 5.41) is 13.5. The Morgan fingerprint density at radius 1 is 0.984 bits per heavy atom. The molecule has 0 radical (unpaired) electrons. The second kappa shape index (κ2) is 16.5. The number of imide groups is 1. The number of amides is 2. The number of aromatic nitrogens is 8. The molecule has 2 amide bonds. The van der Waals surface area contributed by atoms with Crippen molar-refractivity contribution >= 4 is 44.5 Å². The first kappa shape index (κ1) is 42.9. The minimum absolute atomic E-state index is 0.0145. The fourth-order valence-corrected chi connectivity index (χ4v) is 9.94. The van der Waals surface area contributed by atoms with Gasteiger partial charge in [-0.25, -0.2) is 32.0 Å². The Labute approximate surface area is 351 Å². The molecule has 24 heteroatoms. The topological polar surface area (TPSA) is 190 Å². The van der Waals surface area contributed by atoms with Gasteiger partial charge in [0.15, 0.2) is 5.82 Å². The highest BCUT2D eigenvalue weighted by molar-refractivity contribution is 7.89. The number of anilines is 2. The maximum absolute atomic E-state index is 16.1. The molecule has 2 N–H and O–H groups in total. The lowest BCUT2D eigenvalue weighted by Gasteiger charge is -2.40. The van der Waals surface area contributed by atoms with Crippen LogP contribution in [0.4, 0.5) is 33.6 Å². The number of hydrogen-bond donors (Lipinski definition) is 2. The van der Waals surface area contributed by atoms with Crippen LogP contribution in [0.15, 0.2) is 52.8 Å². The summed E-state index contributed by atoms with van der Waals surface area (Å²) in [6.07, 6.45) is 1.18. The minimum atomic E-state index is -4.69. The zero-order valence-electron chi connectivity index (χ0n) is 33.9. The first-order chi connectivity index (χ1) is 29.4. The van der Waals surface area contributed by atoms with E-state index in [1.54, 1.807) is 19.0 Å². The summed E-state index contributed by atoms with van der Waals surface area (Å²) < 4.78 is 107. The first-order valence-corrected chi connectivity index (χ1v) is 21.4. The second-order valence-electron chi connectivity index (χ2n) is 15.9. The van der Waals surface area contributed by atoms with Gasteiger partial charge in [-0.2, -0.15) is 27.7 Å². The molecule has 62 heavy (non-hydrogen) atoms. The number of hydrogen-bond acceptors (Lipinski definition) is 12. The molecule has 3 aliphatic heterocycles. The number of sulfonamides is 1. The lowest BCUT2D eigenvalue weighted by Crippen LogP contribution is -2.52. The smallest absolute Gasteiger partial charge is 0.366 e. The van der Waals surface area contributed by atoms with E-state index < -0.39 is 63.3 Å². The Hall–Kier alpha value is -5.75. The van der Waals surface area contributed by atoms with Crippen LogP contribution in [-0.2, 0) is 46.4 Å². The van der Waals surface area contributed by atoms with E-state index in [0.717, 1.165) is 10.8 Å². The second-order valence-corrected chi connectivity index (χ2v) is 17.8. The van der Waals surface area contributed by atoms with Gasteiger partial charge in [0.1, 0.15) is 28.2 Å². The van der Waals surface area contributed by atoms with Gasteiger partial charge in [0, 0.05) is 82.9 Å². The number of nitrogens with zero attached hydrogens (tertiary/aromatic N) is 11. The highest BCUT2D eigenvalue weighted by Gasteiger charge is 2.38. The average Bonchev–Trinajstić information content (AvgIpc) is 3.95. The Bertz CT molecular complexity index is 2690. The Morgan fingerprint density at radius 2 is 1.74 bits per heavy atom. The van der Waals surface area contributed by atoms with Crippen molar-refractivity contribution in [2.45, 2.75) is 74.0 Å². The number of aryl methyl sites for hydroxylation is 2. The van der Waals surface area contributed by atoms with Crippen LogP contribution in [0, 0.1) is 5.82 Å². The largest absolute Gasteiger partial charge is 0.419 e. The molecular weight excluding hydrogens is 846 g/mol. The molecule has 0 bridgehead atoms. The summed E-state index contributed by atoms with van der Waals surface area (Å²) in [6.45, 7) is 1.02. The molecule has 0 spiro atoms. The molecule has 7 heterocycles. The van der Waals surface area contributed by atoms with Crippen LogP contribution < -0.4 is 21.2 Å². The van der Waals surface area contributed by atoms with Crippen molar-refractivity contribution < 1.29 is 40.0 Å². The zero-order chi connectivity index (χ0) is 44.2. The predicted octanol–water partition coefficient (Wildman–Crippen LogP) is 2.68. The summed E-state index contributed by atoms with van der Waals surface area (Å²) in [7, 11) is 0.790. The van der Waals surface area contributed by atoms with Crippen LogP contribution in [0.5, 0.6) is 0 Å². The normalized spacial score (nSPS) is 21.0. The minimum Gasteiger partial charge on any atom is -0.366 e. The van der Waals surface area contributed by atoms with Gasteiger partial charge in [0.2, 0.25) is 27.8 Å². The Kier molecular flexibility index (Phi) is 11.4. The number of rotatable bonds is 11. The Balaban J connectivity index is 0.848. The van der Waals surface area contributed by atoms with Crippen LogP contribution in [0.1, 0.15) is 43.7 Å². The molecule has 8 rings (SSSR count). The van der Waals surface area contributed by atoms with Crippen LogP contribution in [0.2, 0.25) is 0 Å². The number of imidazole rings is 1. The van der Waals surface area contributed by atoms with E-state index in [9.17, 15) is 36.0 Å². The maximum atomic E-state index is 16.1. The number of likely N-dealkylation sites (N-methyl/N-ethyl adjacent to an activating group) is 1. The number of alkyl halides is 4. The van der Waals surface area contributed by atoms with E-state index in [2.05, 4.69) is 30.8 Å². The van der Waals surface area contributed by atoms with E-state index in [-0.39, 0.29) is 83.9 Å². The molecule has 1 unspecified atom stereocenters. The molecule has 3 saturated heterocycles. The molecule has 3 fully saturated rings. The van der Waals surface area contributed by atoms with E-state index >= 15 is 8.78 Å². The van der Waals surface area contributed by atoms with Gasteiger partial charge in [-0.05, 0) is 44.9 Å². The quantitative estimate of drug-likeness (QED) is 0.146. The summed E-state index contributed by atoms with van der Waals surface area (Å²) in [5.74, 6) is -1.82. The molecule has 3 aliphatic rings.